The van der Waals surface area contributed by atoms with Crippen LogP contribution >= 0.6 is 15.9 Å². The van der Waals surface area contributed by atoms with Crippen molar-refractivity contribution in [2.75, 3.05) is 11.9 Å². The summed E-state index contributed by atoms with van der Waals surface area (Å²) >= 11 is 3.47. The largest absolute Gasteiger partial charge is 0.483 e. The summed E-state index contributed by atoms with van der Waals surface area (Å²) in [5.41, 5.74) is 2.00. The van der Waals surface area contributed by atoms with Crippen molar-refractivity contribution in [1.29, 1.82) is 5.26 Å². The van der Waals surface area contributed by atoms with E-state index in [1.165, 1.54) is 0 Å². The first kappa shape index (κ1) is 18.0. The van der Waals surface area contributed by atoms with Crippen molar-refractivity contribution in [3.8, 4) is 11.8 Å². The quantitative estimate of drug-likeness (QED) is 0.832. The van der Waals surface area contributed by atoms with Crippen molar-refractivity contribution in [1.82, 2.24) is 0 Å². The Kier molecular flexibility index (Phi) is 5.63. The van der Waals surface area contributed by atoms with Crippen LogP contribution in [0.5, 0.6) is 5.75 Å². The molecule has 2 rings (SSSR count). The molecule has 0 aromatic heterocycles. The summed E-state index contributed by atoms with van der Waals surface area (Å²) in [6, 6.07) is 14.6. The monoisotopic (exact) mass is 386 g/mol. The molecule has 0 radical (unpaired) electrons. The molecule has 0 aliphatic carbocycles. The first-order valence-electron chi connectivity index (χ1n) is 7.52. The highest BCUT2D eigenvalue weighted by Crippen LogP contribution is 2.33. The highest BCUT2D eigenvalue weighted by Gasteiger charge is 2.20. The third-order valence-electron chi connectivity index (χ3n) is 3.38. The molecule has 0 fully saturated rings. The van der Waals surface area contributed by atoms with Gasteiger partial charge in [-0.1, -0.05) is 42.8 Å². The topological polar surface area (TPSA) is 62.1 Å². The van der Waals surface area contributed by atoms with E-state index in [0.29, 0.717) is 17.0 Å². The van der Waals surface area contributed by atoms with Gasteiger partial charge in [0.2, 0.25) is 0 Å². The molecule has 0 spiro atoms. The Balaban J connectivity index is 2.06. The molecule has 0 saturated carbocycles. The number of anilines is 1. The van der Waals surface area contributed by atoms with Gasteiger partial charge in [0.25, 0.3) is 5.91 Å². The lowest BCUT2D eigenvalue weighted by Gasteiger charge is -2.23. The number of nitriles is 1. The number of halogens is 1. The number of hydrogen-bond acceptors (Lipinski definition) is 3. The van der Waals surface area contributed by atoms with Gasteiger partial charge in [0, 0.05) is 15.7 Å². The second-order valence-corrected chi connectivity index (χ2v) is 7.34. The van der Waals surface area contributed by atoms with Gasteiger partial charge in [0.15, 0.2) is 6.61 Å². The first-order chi connectivity index (χ1) is 11.3. The van der Waals surface area contributed by atoms with E-state index in [4.69, 9.17) is 10.00 Å². The molecule has 2 aromatic carbocycles. The minimum atomic E-state index is -0.270. The zero-order chi connectivity index (χ0) is 17.7. The maximum absolute atomic E-state index is 12.1. The van der Waals surface area contributed by atoms with Crippen LogP contribution in [0.1, 0.15) is 31.9 Å². The predicted octanol–water partition coefficient (Wildman–Crippen LogP) is 4.64. The molecule has 0 unspecified atom stereocenters. The van der Waals surface area contributed by atoms with Crippen LogP contribution in [-0.2, 0) is 10.2 Å². The van der Waals surface area contributed by atoms with Gasteiger partial charge in [0.1, 0.15) is 5.75 Å². The van der Waals surface area contributed by atoms with Gasteiger partial charge >= 0.3 is 0 Å². The zero-order valence-electron chi connectivity index (χ0n) is 13.9. The molecule has 0 bridgehead atoms. The highest BCUT2D eigenvalue weighted by atomic mass is 79.9. The van der Waals surface area contributed by atoms with E-state index in [2.05, 4.69) is 42.0 Å². The van der Waals surface area contributed by atoms with Crippen molar-refractivity contribution < 1.29 is 9.53 Å². The van der Waals surface area contributed by atoms with Crippen LogP contribution in [0.25, 0.3) is 0 Å². The van der Waals surface area contributed by atoms with Gasteiger partial charge in [-0.05, 0) is 41.8 Å². The normalized spacial score (nSPS) is 10.8. The third kappa shape index (κ3) is 4.84. The van der Waals surface area contributed by atoms with Crippen LogP contribution in [0, 0.1) is 11.3 Å². The van der Waals surface area contributed by atoms with Crippen molar-refractivity contribution in [3.05, 3.63) is 58.1 Å². The Morgan fingerprint density at radius 1 is 1.25 bits per heavy atom. The Morgan fingerprint density at radius 3 is 2.67 bits per heavy atom. The van der Waals surface area contributed by atoms with Crippen molar-refractivity contribution in [2.45, 2.75) is 26.2 Å². The lowest BCUT2D eigenvalue weighted by atomic mass is 9.86. The second kappa shape index (κ2) is 7.50. The van der Waals surface area contributed by atoms with E-state index in [1.54, 1.807) is 24.3 Å². The van der Waals surface area contributed by atoms with Gasteiger partial charge in [-0.2, -0.15) is 5.26 Å². The summed E-state index contributed by atoms with van der Waals surface area (Å²) in [4.78, 5) is 12.1. The Morgan fingerprint density at radius 2 is 2.00 bits per heavy atom. The predicted molar refractivity (Wildman–Crippen MR) is 98.1 cm³/mol. The van der Waals surface area contributed by atoms with Crippen LogP contribution in [0.2, 0.25) is 0 Å². The first-order valence-corrected chi connectivity index (χ1v) is 8.32. The smallest absolute Gasteiger partial charge is 0.262 e. The fourth-order valence-electron chi connectivity index (χ4n) is 2.22. The maximum Gasteiger partial charge on any atom is 0.262 e. The van der Waals surface area contributed by atoms with E-state index in [-0.39, 0.29) is 17.9 Å². The Hall–Kier alpha value is -2.32. The van der Waals surface area contributed by atoms with Gasteiger partial charge < -0.3 is 10.1 Å². The lowest BCUT2D eigenvalue weighted by molar-refractivity contribution is -0.118. The van der Waals surface area contributed by atoms with Crippen LogP contribution in [0.4, 0.5) is 5.69 Å². The number of nitrogens with zero attached hydrogens (tertiary/aromatic N) is 1. The molecule has 5 heteroatoms. The van der Waals surface area contributed by atoms with Crippen molar-refractivity contribution in [3.63, 3.8) is 0 Å². The van der Waals surface area contributed by atoms with Crippen molar-refractivity contribution in [2.24, 2.45) is 0 Å². The van der Waals surface area contributed by atoms with E-state index in [0.717, 1.165) is 10.0 Å². The second-order valence-electron chi connectivity index (χ2n) is 6.42. The van der Waals surface area contributed by atoms with E-state index < -0.39 is 0 Å². The molecule has 1 N–H and O–H groups in total. The number of amides is 1. The average molecular weight is 387 g/mol. The van der Waals surface area contributed by atoms with E-state index >= 15 is 0 Å². The SMILES string of the molecule is CC(C)(C)c1cc(Br)ccc1OCC(=O)Nc1cccc(C#N)c1. The molecule has 0 heterocycles. The zero-order valence-corrected chi connectivity index (χ0v) is 15.5. The fraction of sp³-hybridized carbons (Fsp3) is 0.263. The number of rotatable bonds is 4. The summed E-state index contributed by atoms with van der Waals surface area (Å²) < 4.78 is 6.68. The standard InChI is InChI=1S/C19H19BrN2O2/c1-19(2,3)16-10-14(20)7-8-17(16)24-12-18(23)22-15-6-4-5-13(9-15)11-21/h4-10H,12H2,1-3H3,(H,22,23). The molecule has 24 heavy (non-hydrogen) atoms. The van der Waals surface area contributed by atoms with Crippen molar-refractivity contribution >= 4 is 27.5 Å². The molecule has 0 aliphatic heterocycles. The number of carbonyl (C=O) groups excluding carboxylic acids is 1. The number of nitrogens with one attached hydrogen (secondary N) is 1. The minimum Gasteiger partial charge on any atom is -0.483 e. The lowest BCUT2D eigenvalue weighted by Crippen LogP contribution is -2.22. The summed E-state index contributed by atoms with van der Waals surface area (Å²) in [5, 5.41) is 11.6. The maximum atomic E-state index is 12.1. The Labute approximate surface area is 150 Å². The van der Waals surface area contributed by atoms with Gasteiger partial charge in [-0.3, -0.25) is 4.79 Å². The number of ether oxygens (including phenoxy) is 1. The van der Waals surface area contributed by atoms with Gasteiger partial charge in [-0.15, -0.1) is 0 Å². The molecule has 0 aliphatic rings. The fourth-order valence-corrected chi connectivity index (χ4v) is 2.58. The number of benzene rings is 2. The average Bonchev–Trinajstić information content (AvgIpc) is 2.53. The minimum absolute atomic E-state index is 0.0957. The number of hydrogen-bond donors (Lipinski definition) is 1. The Bertz CT molecular complexity index is 789. The molecular weight excluding hydrogens is 368 g/mol. The summed E-state index contributed by atoms with van der Waals surface area (Å²) in [6.07, 6.45) is 0. The van der Waals surface area contributed by atoms with E-state index in [9.17, 15) is 4.79 Å². The number of carbonyl (C=O) groups is 1. The third-order valence-corrected chi connectivity index (χ3v) is 3.88. The van der Waals surface area contributed by atoms with Crippen LogP contribution in [0.3, 0.4) is 0 Å². The highest BCUT2D eigenvalue weighted by molar-refractivity contribution is 9.10. The molecule has 0 atom stereocenters. The van der Waals surface area contributed by atoms with Gasteiger partial charge in [-0.25, -0.2) is 0 Å². The summed E-state index contributed by atoms with van der Waals surface area (Å²) in [7, 11) is 0. The molecule has 0 saturated heterocycles. The van der Waals surface area contributed by atoms with Gasteiger partial charge in [0.05, 0.1) is 11.6 Å². The summed E-state index contributed by atoms with van der Waals surface area (Å²) in [5.74, 6) is 0.416. The molecule has 124 valence electrons. The van der Waals surface area contributed by atoms with E-state index in [1.807, 2.05) is 24.3 Å². The van der Waals surface area contributed by atoms with Crippen LogP contribution in [-0.4, -0.2) is 12.5 Å². The molecule has 1 amide bonds. The van der Waals surface area contributed by atoms with Crippen LogP contribution < -0.4 is 10.1 Å². The molecule has 2 aromatic rings. The van der Waals surface area contributed by atoms with Crippen LogP contribution in [0.15, 0.2) is 46.9 Å². The molecule has 4 nitrogen and oxygen atoms in total. The summed E-state index contributed by atoms with van der Waals surface area (Å²) in [6.45, 7) is 6.18. The molecular formula is C19H19BrN2O2.